The summed E-state index contributed by atoms with van der Waals surface area (Å²) in [5, 5.41) is 0. The molecule has 1 aliphatic rings. The number of carbonyl (C=O) groups excluding carboxylic acids is 1. The Bertz CT molecular complexity index is 627. The third-order valence-corrected chi connectivity index (χ3v) is 12.1. The maximum atomic E-state index is 12.5. The summed E-state index contributed by atoms with van der Waals surface area (Å²) in [6, 6.07) is 10.0. The average Bonchev–Trinajstić information content (AvgIpc) is 2.60. The first-order chi connectivity index (χ1) is 12.7. The molecule has 0 amide bonds. The standard InChI is InChI=1S/C23H36O3Si/c1-16(2)27(17(3)4,18(5)6)26-22-14-23(21(24)13-19(22)7)25-15-20-11-9-8-10-12-20/h8-13,16-18,22-23H,14-15H2,1-7H3/t22-,23-/m1/s1. The van der Waals surface area contributed by atoms with Crippen molar-refractivity contribution in [1.29, 1.82) is 0 Å². The second-order valence-corrected chi connectivity index (χ2v) is 14.1. The Morgan fingerprint density at radius 1 is 0.963 bits per heavy atom. The van der Waals surface area contributed by atoms with E-state index in [4.69, 9.17) is 9.16 Å². The molecular weight excluding hydrogens is 352 g/mol. The summed E-state index contributed by atoms with van der Waals surface area (Å²) in [7, 11) is -2.00. The van der Waals surface area contributed by atoms with E-state index in [2.05, 4.69) is 41.5 Å². The van der Waals surface area contributed by atoms with Gasteiger partial charge < -0.3 is 9.16 Å². The van der Waals surface area contributed by atoms with E-state index in [9.17, 15) is 4.79 Å². The van der Waals surface area contributed by atoms with Crippen LogP contribution >= 0.6 is 0 Å². The average molecular weight is 389 g/mol. The Morgan fingerprint density at radius 2 is 1.52 bits per heavy atom. The maximum absolute atomic E-state index is 12.5. The predicted octanol–water partition coefficient (Wildman–Crippen LogP) is 6.05. The van der Waals surface area contributed by atoms with E-state index in [0.29, 0.717) is 29.7 Å². The fourth-order valence-electron chi connectivity index (χ4n) is 4.62. The fourth-order valence-corrected chi connectivity index (χ4v) is 10.2. The lowest BCUT2D eigenvalue weighted by Gasteiger charge is -2.46. The monoisotopic (exact) mass is 388 g/mol. The Hall–Kier alpha value is -1.23. The van der Waals surface area contributed by atoms with Crippen LogP contribution in [-0.4, -0.2) is 26.3 Å². The largest absolute Gasteiger partial charge is 0.409 e. The van der Waals surface area contributed by atoms with Gasteiger partial charge in [0.15, 0.2) is 5.78 Å². The molecule has 0 heterocycles. The summed E-state index contributed by atoms with van der Waals surface area (Å²) in [6.07, 6.45) is 1.92. The molecule has 1 aromatic carbocycles. The minimum atomic E-state index is -2.00. The Labute approximate surface area is 166 Å². The first kappa shape index (κ1) is 22.1. The van der Waals surface area contributed by atoms with Crippen LogP contribution in [0.4, 0.5) is 0 Å². The lowest BCUT2D eigenvalue weighted by Crippen LogP contribution is -2.52. The van der Waals surface area contributed by atoms with Crippen molar-refractivity contribution in [1.82, 2.24) is 0 Å². The van der Waals surface area contributed by atoms with Crippen LogP contribution in [-0.2, 0) is 20.6 Å². The molecule has 0 bridgehead atoms. The summed E-state index contributed by atoms with van der Waals surface area (Å²) in [5.41, 5.74) is 3.69. The molecule has 2 rings (SSSR count). The molecule has 0 aliphatic heterocycles. The van der Waals surface area contributed by atoms with Crippen LogP contribution < -0.4 is 0 Å². The van der Waals surface area contributed by atoms with Crippen LogP contribution in [0.5, 0.6) is 0 Å². The second-order valence-electron chi connectivity index (χ2n) is 8.74. The van der Waals surface area contributed by atoms with Crippen LogP contribution in [0.15, 0.2) is 42.0 Å². The molecule has 0 fully saturated rings. The minimum absolute atomic E-state index is 0.0256. The molecule has 150 valence electrons. The molecule has 0 unspecified atom stereocenters. The third kappa shape index (κ3) is 4.98. The number of hydrogen-bond donors (Lipinski definition) is 0. The van der Waals surface area contributed by atoms with Crippen molar-refractivity contribution in [2.75, 3.05) is 0 Å². The molecule has 3 nitrogen and oxygen atoms in total. The summed E-state index contributed by atoms with van der Waals surface area (Å²) in [6.45, 7) is 16.2. The Morgan fingerprint density at radius 3 is 2.04 bits per heavy atom. The molecule has 0 N–H and O–H groups in total. The van der Waals surface area contributed by atoms with Gasteiger partial charge in [-0.25, -0.2) is 0 Å². The smallest absolute Gasteiger partial charge is 0.201 e. The van der Waals surface area contributed by atoms with Gasteiger partial charge in [-0.3, -0.25) is 4.79 Å². The summed E-state index contributed by atoms with van der Waals surface area (Å²) >= 11 is 0. The number of ketones is 1. The Kier molecular flexibility index (Phi) is 7.61. The fraction of sp³-hybridized carbons (Fsp3) is 0.609. The highest BCUT2D eigenvalue weighted by Gasteiger charge is 2.47. The zero-order chi connectivity index (χ0) is 20.2. The first-order valence-corrected chi connectivity index (χ1v) is 12.4. The van der Waals surface area contributed by atoms with Crippen molar-refractivity contribution in [2.45, 2.75) is 90.3 Å². The molecule has 1 aromatic rings. The zero-order valence-corrected chi connectivity index (χ0v) is 19.0. The topological polar surface area (TPSA) is 35.5 Å². The van der Waals surface area contributed by atoms with E-state index in [1.807, 2.05) is 37.3 Å². The molecule has 1 aliphatic carbocycles. The molecule has 0 saturated heterocycles. The van der Waals surface area contributed by atoms with Crippen molar-refractivity contribution in [3.8, 4) is 0 Å². The normalized spacial score (nSPS) is 21.3. The molecule has 0 radical (unpaired) electrons. The lowest BCUT2D eigenvalue weighted by atomic mass is 9.94. The van der Waals surface area contributed by atoms with Gasteiger partial charge in [0.25, 0.3) is 0 Å². The van der Waals surface area contributed by atoms with Gasteiger partial charge in [0.1, 0.15) is 6.10 Å². The highest BCUT2D eigenvalue weighted by Crippen LogP contribution is 2.44. The highest BCUT2D eigenvalue weighted by atomic mass is 28.4. The van der Waals surface area contributed by atoms with Gasteiger partial charge in [-0.15, -0.1) is 0 Å². The number of hydrogen-bond acceptors (Lipinski definition) is 3. The molecule has 2 atom stereocenters. The van der Waals surface area contributed by atoms with E-state index in [0.717, 1.165) is 11.1 Å². The van der Waals surface area contributed by atoms with Crippen LogP contribution in [0.1, 0.15) is 60.5 Å². The number of rotatable bonds is 8. The summed E-state index contributed by atoms with van der Waals surface area (Å²) in [5.74, 6) is 0.0641. The van der Waals surface area contributed by atoms with Gasteiger partial charge in [0.2, 0.25) is 8.32 Å². The van der Waals surface area contributed by atoms with E-state index < -0.39 is 14.4 Å². The zero-order valence-electron chi connectivity index (χ0n) is 18.0. The van der Waals surface area contributed by atoms with Crippen molar-refractivity contribution in [3.63, 3.8) is 0 Å². The maximum Gasteiger partial charge on any atom is 0.201 e. The number of carbonyl (C=O) groups is 1. The van der Waals surface area contributed by atoms with Gasteiger partial charge in [0.05, 0.1) is 12.7 Å². The van der Waals surface area contributed by atoms with Crippen molar-refractivity contribution in [2.24, 2.45) is 0 Å². The molecule has 27 heavy (non-hydrogen) atoms. The number of benzene rings is 1. The van der Waals surface area contributed by atoms with E-state index in [-0.39, 0.29) is 11.9 Å². The predicted molar refractivity (Wildman–Crippen MR) is 114 cm³/mol. The van der Waals surface area contributed by atoms with Crippen LogP contribution in [0, 0.1) is 0 Å². The highest BCUT2D eigenvalue weighted by molar-refractivity contribution is 6.77. The SMILES string of the molecule is CC1=CC(=O)[C@H](OCc2ccccc2)C[C@H]1O[Si](C(C)C)(C(C)C)C(C)C. The molecule has 4 heteroatoms. The quantitative estimate of drug-likeness (QED) is 0.508. The van der Waals surface area contributed by atoms with Crippen molar-refractivity contribution >= 4 is 14.1 Å². The molecular formula is C23H36O3Si. The van der Waals surface area contributed by atoms with Crippen molar-refractivity contribution < 1.29 is 14.0 Å². The van der Waals surface area contributed by atoms with E-state index in [1.165, 1.54) is 0 Å². The number of ether oxygens (including phenoxy) is 1. The van der Waals surface area contributed by atoms with Crippen LogP contribution in [0.3, 0.4) is 0 Å². The van der Waals surface area contributed by atoms with E-state index >= 15 is 0 Å². The molecule has 0 aromatic heterocycles. The van der Waals surface area contributed by atoms with Crippen molar-refractivity contribution in [3.05, 3.63) is 47.5 Å². The van der Waals surface area contributed by atoms with Gasteiger partial charge in [-0.1, -0.05) is 71.9 Å². The van der Waals surface area contributed by atoms with Gasteiger partial charge in [-0.05, 0) is 40.8 Å². The summed E-state index contributed by atoms with van der Waals surface area (Å²) < 4.78 is 12.9. The lowest BCUT2D eigenvalue weighted by molar-refractivity contribution is -0.129. The summed E-state index contributed by atoms with van der Waals surface area (Å²) in [4.78, 5) is 12.5. The molecule has 0 spiro atoms. The van der Waals surface area contributed by atoms with E-state index in [1.54, 1.807) is 6.08 Å². The first-order valence-electron chi connectivity index (χ1n) is 10.2. The van der Waals surface area contributed by atoms with Gasteiger partial charge in [0, 0.05) is 6.42 Å². The Balaban J connectivity index is 2.16. The third-order valence-electron chi connectivity index (χ3n) is 5.97. The van der Waals surface area contributed by atoms with Crippen LogP contribution in [0.25, 0.3) is 0 Å². The van der Waals surface area contributed by atoms with Crippen LogP contribution in [0.2, 0.25) is 16.6 Å². The second kappa shape index (κ2) is 9.31. The van der Waals surface area contributed by atoms with Gasteiger partial charge >= 0.3 is 0 Å². The van der Waals surface area contributed by atoms with Gasteiger partial charge in [-0.2, -0.15) is 0 Å². The molecule has 0 saturated carbocycles. The minimum Gasteiger partial charge on any atom is -0.409 e.